The Morgan fingerprint density at radius 2 is 1.21 bits per heavy atom. The van der Waals surface area contributed by atoms with Crippen LogP contribution in [0, 0.1) is 0 Å². The zero-order valence-electron chi connectivity index (χ0n) is 35.7. The average Bonchev–Trinajstić information content (AvgIpc) is 3.24. The Balaban J connectivity index is 1.23. The summed E-state index contributed by atoms with van der Waals surface area (Å²) in [6.07, 6.45) is 2.03. The molecule has 20 nitrogen and oxygen atoms in total. The van der Waals surface area contributed by atoms with E-state index in [2.05, 4.69) is 10.6 Å². The minimum atomic E-state index is -1.33. The van der Waals surface area contributed by atoms with Crippen molar-refractivity contribution in [3.8, 4) is 28.2 Å². The smallest absolute Gasteiger partial charge is 0.336 e. The first kappa shape index (κ1) is 49.0. The van der Waals surface area contributed by atoms with Gasteiger partial charge in [0.2, 0.25) is 0 Å². The molecule has 21 heteroatoms. The van der Waals surface area contributed by atoms with E-state index in [0.717, 1.165) is 0 Å². The molecule has 6 rings (SSSR count). The van der Waals surface area contributed by atoms with Gasteiger partial charge < -0.3 is 50.8 Å². The molecule has 0 aromatic heterocycles. The van der Waals surface area contributed by atoms with Crippen molar-refractivity contribution in [2.75, 3.05) is 49.9 Å². The third-order valence-corrected chi connectivity index (χ3v) is 11.6. The number of anilines is 2. The zero-order valence-corrected chi connectivity index (χ0v) is 36.5. The highest BCUT2D eigenvalue weighted by Gasteiger charge is 2.38. The second kappa shape index (κ2) is 21.7. The van der Waals surface area contributed by atoms with Gasteiger partial charge in [-0.2, -0.15) is 0 Å². The fourth-order valence-corrected chi connectivity index (χ4v) is 9.01. The van der Waals surface area contributed by atoms with Crippen LogP contribution in [0.4, 0.5) is 11.4 Å². The Labute approximate surface area is 386 Å². The lowest BCUT2D eigenvalue weighted by atomic mass is 9.87. The number of carboxylic acid groups (broad SMARTS) is 6. The standard InChI is InChI=1S/C46H47N5O15S/c52-29-10-13-32-37(17-29)66-38-18-30(53)11-14-33(38)44(32)31-12-9-27(16-34(31)45(64)65)48-46(67)47-26-7-5-25(6-8-26)15-28(49(20-39(54)55)21-40(56)57)19-50(22-41(58)59)35-3-1-2-4-36(35)51(23-42(60)61)24-43(62)63/h5-14,16-18,28,35-36,52H,1-4,15,19-24H2,(H,54,55)(H,56,57)(H,58,59)(H,60,61)(H,62,63)(H,64,65)(H2,47,48,67). The van der Waals surface area contributed by atoms with Gasteiger partial charge in [-0.3, -0.25) is 43.5 Å². The van der Waals surface area contributed by atoms with Crippen LogP contribution in [0.25, 0.3) is 33.4 Å². The van der Waals surface area contributed by atoms with Crippen LogP contribution in [0.2, 0.25) is 0 Å². The highest BCUT2D eigenvalue weighted by Crippen LogP contribution is 2.42. The molecule has 2 aliphatic carbocycles. The quantitative estimate of drug-likeness (QED) is 0.0365. The van der Waals surface area contributed by atoms with Crippen LogP contribution >= 0.6 is 12.2 Å². The number of phenolic OH excluding ortho intramolecular Hbond substituents is 1. The first-order chi connectivity index (χ1) is 31.8. The molecule has 0 saturated heterocycles. The molecule has 3 aromatic rings. The van der Waals surface area contributed by atoms with E-state index < -0.39 is 86.7 Å². The van der Waals surface area contributed by atoms with Crippen LogP contribution in [0.5, 0.6) is 5.75 Å². The Hall–Kier alpha value is -7.46. The van der Waals surface area contributed by atoms with E-state index in [1.807, 2.05) is 0 Å². The molecule has 3 aromatic carbocycles. The summed E-state index contributed by atoms with van der Waals surface area (Å²) in [5, 5.41) is 76.0. The highest BCUT2D eigenvalue weighted by atomic mass is 32.1. The van der Waals surface area contributed by atoms with Crippen molar-refractivity contribution in [3.63, 3.8) is 0 Å². The number of hydrogen-bond donors (Lipinski definition) is 9. The number of thiocarbonyl (C=S) groups is 1. The number of nitrogens with one attached hydrogen (secondary N) is 2. The molecule has 0 bridgehead atoms. The van der Waals surface area contributed by atoms with E-state index in [4.69, 9.17) is 16.6 Å². The van der Waals surface area contributed by atoms with Crippen molar-refractivity contribution in [3.05, 3.63) is 100 Å². The number of rotatable bonds is 21. The van der Waals surface area contributed by atoms with Gasteiger partial charge in [0.25, 0.3) is 0 Å². The lowest BCUT2D eigenvalue weighted by Crippen LogP contribution is -2.59. The second-order valence-corrected chi connectivity index (χ2v) is 16.6. The first-order valence-electron chi connectivity index (χ1n) is 20.9. The molecule has 3 atom stereocenters. The maximum absolute atomic E-state index is 12.7. The summed E-state index contributed by atoms with van der Waals surface area (Å²) in [6.45, 7) is -3.38. The number of phenols is 1. The van der Waals surface area contributed by atoms with Crippen LogP contribution in [-0.4, -0.2) is 149 Å². The van der Waals surface area contributed by atoms with E-state index in [9.17, 15) is 69.3 Å². The molecule has 0 spiro atoms. The van der Waals surface area contributed by atoms with Crippen molar-refractivity contribution < 1.29 is 68.9 Å². The van der Waals surface area contributed by atoms with Gasteiger partial charge in [0.1, 0.15) is 17.1 Å². The molecule has 0 radical (unpaired) electrons. The number of carboxylic acids is 6. The maximum Gasteiger partial charge on any atom is 0.336 e. The number of aromatic hydroxyl groups is 1. The Bertz CT molecular complexity index is 2690. The summed E-state index contributed by atoms with van der Waals surface area (Å²) in [6, 6.07) is 17.5. The minimum Gasteiger partial charge on any atom is -0.508 e. The molecule has 1 heterocycles. The van der Waals surface area contributed by atoms with Gasteiger partial charge in [-0.15, -0.1) is 0 Å². The number of aliphatic carboxylic acids is 5. The van der Waals surface area contributed by atoms with Crippen molar-refractivity contribution >= 4 is 75.5 Å². The van der Waals surface area contributed by atoms with Crippen LogP contribution in [0.3, 0.4) is 0 Å². The molecule has 3 aliphatic rings. The normalized spacial score (nSPS) is 15.4. The van der Waals surface area contributed by atoms with Crippen molar-refractivity contribution in [1.29, 1.82) is 0 Å². The van der Waals surface area contributed by atoms with Gasteiger partial charge in [0.05, 0.1) is 38.3 Å². The SMILES string of the molecule is O=C(O)CN(CC(=O)O)C(Cc1ccc(NC(=S)Nc2ccc(-c3c4ccc(=O)cc-4oc4cc(O)ccc34)c(C(=O)O)c2)cc1)CN(CC(=O)O)C1CCCCC1N(CC(=O)O)CC(=O)O. The summed E-state index contributed by atoms with van der Waals surface area (Å²) < 4.78 is 5.90. The molecule has 67 heavy (non-hydrogen) atoms. The number of hydrogen-bond acceptors (Lipinski definition) is 13. The maximum atomic E-state index is 12.7. The molecule has 0 amide bonds. The number of carbonyl (C=O) groups is 6. The van der Waals surface area contributed by atoms with Gasteiger partial charge in [-0.05, 0) is 91.1 Å². The van der Waals surface area contributed by atoms with E-state index in [1.54, 1.807) is 53.4 Å². The summed E-state index contributed by atoms with van der Waals surface area (Å²) in [5.74, 6) is -7.61. The molecular weight excluding hydrogens is 895 g/mol. The van der Waals surface area contributed by atoms with Crippen LogP contribution in [0.15, 0.2) is 88.1 Å². The summed E-state index contributed by atoms with van der Waals surface area (Å²) >= 11 is 5.56. The van der Waals surface area contributed by atoms with Crippen molar-refractivity contribution in [2.45, 2.75) is 50.2 Å². The Morgan fingerprint density at radius 1 is 0.657 bits per heavy atom. The predicted octanol–water partition coefficient (Wildman–Crippen LogP) is 4.33. The summed E-state index contributed by atoms with van der Waals surface area (Å²) in [5.41, 5.74) is 2.40. The van der Waals surface area contributed by atoms with Crippen molar-refractivity contribution in [1.82, 2.24) is 14.7 Å². The van der Waals surface area contributed by atoms with Crippen molar-refractivity contribution in [2.24, 2.45) is 0 Å². The largest absolute Gasteiger partial charge is 0.508 e. The number of benzene rings is 4. The monoisotopic (exact) mass is 941 g/mol. The third-order valence-electron chi connectivity index (χ3n) is 11.4. The molecule has 1 saturated carbocycles. The van der Waals surface area contributed by atoms with Gasteiger partial charge >= 0.3 is 35.8 Å². The van der Waals surface area contributed by atoms with E-state index in [1.165, 1.54) is 40.1 Å². The number of aromatic carboxylic acids is 1. The van der Waals surface area contributed by atoms with Gasteiger partial charge in [0, 0.05) is 64.7 Å². The summed E-state index contributed by atoms with van der Waals surface area (Å²) in [7, 11) is 0. The molecule has 3 unspecified atom stereocenters. The lowest BCUT2D eigenvalue weighted by Gasteiger charge is -2.45. The zero-order chi connectivity index (χ0) is 48.5. The predicted molar refractivity (Wildman–Crippen MR) is 246 cm³/mol. The second-order valence-electron chi connectivity index (χ2n) is 16.1. The Morgan fingerprint density at radius 3 is 1.81 bits per heavy atom. The minimum absolute atomic E-state index is 0.0363. The topological polar surface area (TPSA) is 308 Å². The van der Waals surface area contributed by atoms with E-state index in [0.29, 0.717) is 64.7 Å². The van der Waals surface area contributed by atoms with Gasteiger partial charge in [-0.1, -0.05) is 31.0 Å². The van der Waals surface area contributed by atoms with Crippen LogP contribution in [-0.2, 0) is 30.4 Å². The molecule has 9 N–H and O–H groups in total. The average molecular weight is 942 g/mol. The molecule has 1 aliphatic heterocycles. The highest BCUT2D eigenvalue weighted by molar-refractivity contribution is 7.80. The molecule has 1 fully saturated rings. The fourth-order valence-electron chi connectivity index (χ4n) is 8.77. The van der Waals surface area contributed by atoms with Crippen LogP contribution < -0.4 is 16.1 Å². The lowest BCUT2D eigenvalue weighted by molar-refractivity contribution is -0.146. The van der Waals surface area contributed by atoms with E-state index in [-0.39, 0.29) is 46.2 Å². The fraction of sp³-hybridized carbons (Fsp3) is 0.304. The van der Waals surface area contributed by atoms with Gasteiger partial charge in [0.15, 0.2) is 10.5 Å². The summed E-state index contributed by atoms with van der Waals surface area (Å²) in [4.78, 5) is 89.0. The third kappa shape index (κ3) is 12.9. The number of nitrogens with zero attached hydrogens (tertiary/aromatic N) is 3. The number of fused-ring (bicyclic) bond motifs is 2. The Kier molecular flexibility index (Phi) is 15.9. The first-order valence-corrected chi connectivity index (χ1v) is 21.3. The van der Waals surface area contributed by atoms with Gasteiger partial charge in [-0.25, -0.2) is 4.79 Å². The van der Waals surface area contributed by atoms with Crippen LogP contribution in [0.1, 0.15) is 41.6 Å². The van der Waals surface area contributed by atoms with E-state index >= 15 is 0 Å². The molecular formula is C46H47N5O15S. The molecule has 352 valence electrons.